The molecule has 1 aromatic heterocycles. The Labute approximate surface area is 104 Å². The van der Waals surface area contributed by atoms with Gasteiger partial charge in [0.25, 0.3) is 0 Å². The van der Waals surface area contributed by atoms with Crippen LogP contribution in [0.2, 0.25) is 0 Å². The number of ether oxygens (including phenoxy) is 2. The molecule has 3 rings (SSSR count). The third-order valence-electron chi connectivity index (χ3n) is 3.09. The molecule has 0 radical (unpaired) electrons. The topological polar surface area (TPSA) is 77.3 Å². The molecule has 3 N–H and O–H groups in total. The molecule has 1 atom stereocenters. The molecule has 0 bridgehead atoms. The van der Waals surface area contributed by atoms with E-state index in [2.05, 4.69) is 4.98 Å². The predicted molar refractivity (Wildman–Crippen MR) is 67.4 cm³/mol. The maximum absolute atomic E-state index is 12.0. The number of hydrogen-bond acceptors (Lipinski definition) is 4. The van der Waals surface area contributed by atoms with Crippen LogP contribution in [0.1, 0.15) is 16.8 Å². The summed E-state index contributed by atoms with van der Waals surface area (Å²) in [6.07, 6.45) is 2.29. The zero-order valence-corrected chi connectivity index (χ0v) is 9.81. The monoisotopic (exact) mass is 246 g/mol. The zero-order chi connectivity index (χ0) is 12.5. The standard InChI is InChI=1S/C13H14N2O3/c14-8-1-2-10-11(6-15-12(10)5-8)13(16)18-9-3-4-17-7-9/h1-2,5-6,9,15H,3-4,7,14H2. The Kier molecular flexibility index (Phi) is 2.68. The first-order chi connectivity index (χ1) is 8.74. The Morgan fingerprint density at radius 1 is 1.50 bits per heavy atom. The van der Waals surface area contributed by atoms with Gasteiger partial charge in [-0.3, -0.25) is 0 Å². The molecule has 1 unspecified atom stereocenters. The molecule has 1 saturated heterocycles. The molecule has 0 spiro atoms. The first kappa shape index (κ1) is 11.1. The van der Waals surface area contributed by atoms with Crippen LogP contribution in [0.25, 0.3) is 10.9 Å². The van der Waals surface area contributed by atoms with Crippen molar-refractivity contribution in [1.82, 2.24) is 4.98 Å². The number of aromatic amines is 1. The van der Waals surface area contributed by atoms with E-state index in [0.717, 1.165) is 17.3 Å². The molecule has 0 saturated carbocycles. The van der Waals surface area contributed by atoms with E-state index in [0.29, 0.717) is 24.5 Å². The van der Waals surface area contributed by atoms with Crippen molar-refractivity contribution in [2.75, 3.05) is 18.9 Å². The molecule has 18 heavy (non-hydrogen) atoms. The largest absolute Gasteiger partial charge is 0.456 e. The van der Waals surface area contributed by atoms with Crippen molar-refractivity contribution < 1.29 is 14.3 Å². The molecule has 1 aromatic carbocycles. The second-order valence-corrected chi connectivity index (χ2v) is 4.40. The number of anilines is 1. The number of aromatic nitrogens is 1. The van der Waals surface area contributed by atoms with Gasteiger partial charge in [0.05, 0.1) is 18.8 Å². The number of esters is 1. The number of fused-ring (bicyclic) bond motifs is 1. The Balaban J connectivity index is 1.86. The lowest BCUT2D eigenvalue weighted by Crippen LogP contribution is -2.17. The van der Waals surface area contributed by atoms with E-state index in [1.807, 2.05) is 6.07 Å². The highest BCUT2D eigenvalue weighted by molar-refractivity contribution is 6.04. The van der Waals surface area contributed by atoms with Crippen molar-refractivity contribution in [1.29, 1.82) is 0 Å². The number of carbonyl (C=O) groups is 1. The van der Waals surface area contributed by atoms with Crippen molar-refractivity contribution in [2.45, 2.75) is 12.5 Å². The van der Waals surface area contributed by atoms with E-state index in [1.54, 1.807) is 18.3 Å². The average Bonchev–Trinajstić information content (AvgIpc) is 2.97. The first-order valence-corrected chi connectivity index (χ1v) is 5.89. The fourth-order valence-corrected chi connectivity index (χ4v) is 2.13. The minimum Gasteiger partial charge on any atom is -0.456 e. The van der Waals surface area contributed by atoms with Gasteiger partial charge in [0.2, 0.25) is 0 Å². The summed E-state index contributed by atoms with van der Waals surface area (Å²) in [7, 11) is 0. The summed E-state index contributed by atoms with van der Waals surface area (Å²) < 4.78 is 10.6. The van der Waals surface area contributed by atoms with Crippen LogP contribution in [-0.4, -0.2) is 30.3 Å². The number of hydrogen-bond donors (Lipinski definition) is 2. The molecular weight excluding hydrogens is 232 g/mol. The van der Waals surface area contributed by atoms with Crippen LogP contribution in [0.5, 0.6) is 0 Å². The Hall–Kier alpha value is -2.01. The second-order valence-electron chi connectivity index (χ2n) is 4.40. The van der Waals surface area contributed by atoms with Gasteiger partial charge >= 0.3 is 5.97 Å². The van der Waals surface area contributed by atoms with Gasteiger partial charge in [0, 0.05) is 29.2 Å². The van der Waals surface area contributed by atoms with E-state index < -0.39 is 0 Å². The minimum atomic E-state index is -0.318. The summed E-state index contributed by atoms with van der Waals surface area (Å²) in [5.41, 5.74) is 7.73. The number of H-pyrrole nitrogens is 1. The van der Waals surface area contributed by atoms with E-state index in [-0.39, 0.29) is 12.1 Å². The van der Waals surface area contributed by atoms with Crippen LogP contribution < -0.4 is 5.73 Å². The highest BCUT2D eigenvalue weighted by Crippen LogP contribution is 2.22. The Morgan fingerprint density at radius 3 is 3.17 bits per heavy atom. The number of nitrogen functional groups attached to an aromatic ring is 1. The maximum atomic E-state index is 12.0. The normalized spacial score (nSPS) is 19.2. The Morgan fingerprint density at radius 2 is 2.39 bits per heavy atom. The summed E-state index contributed by atoms with van der Waals surface area (Å²) in [6.45, 7) is 1.14. The van der Waals surface area contributed by atoms with Crippen LogP contribution in [0.4, 0.5) is 5.69 Å². The van der Waals surface area contributed by atoms with Gasteiger partial charge in [-0.2, -0.15) is 0 Å². The number of nitrogens with two attached hydrogens (primary N) is 1. The second kappa shape index (κ2) is 4.34. The van der Waals surface area contributed by atoms with Crippen molar-refractivity contribution in [2.24, 2.45) is 0 Å². The number of carbonyl (C=O) groups excluding carboxylic acids is 1. The average molecular weight is 246 g/mol. The number of nitrogens with one attached hydrogen (secondary N) is 1. The maximum Gasteiger partial charge on any atom is 0.340 e. The number of rotatable bonds is 2. The molecule has 0 amide bonds. The molecule has 1 aliphatic rings. The number of benzene rings is 1. The summed E-state index contributed by atoms with van der Waals surface area (Å²) >= 11 is 0. The van der Waals surface area contributed by atoms with Gasteiger partial charge in [-0.1, -0.05) is 0 Å². The van der Waals surface area contributed by atoms with Gasteiger partial charge in [-0.25, -0.2) is 4.79 Å². The molecule has 2 heterocycles. The SMILES string of the molecule is Nc1ccc2c(C(=O)OC3CCOC3)c[nH]c2c1. The van der Waals surface area contributed by atoms with Crippen LogP contribution in [0.15, 0.2) is 24.4 Å². The quantitative estimate of drug-likeness (QED) is 0.624. The minimum absolute atomic E-state index is 0.128. The summed E-state index contributed by atoms with van der Waals surface area (Å²) in [5, 5.41) is 0.827. The lowest BCUT2D eigenvalue weighted by Gasteiger charge is -2.09. The lowest BCUT2D eigenvalue weighted by molar-refractivity contribution is 0.0273. The molecular formula is C13H14N2O3. The van der Waals surface area contributed by atoms with Crippen molar-refractivity contribution >= 4 is 22.6 Å². The van der Waals surface area contributed by atoms with Crippen LogP contribution >= 0.6 is 0 Å². The molecule has 2 aromatic rings. The van der Waals surface area contributed by atoms with Crippen molar-refractivity contribution in [3.05, 3.63) is 30.0 Å². The van der Waals surface area contributed by atoms with Crippen LogP contribution in [-0.2, 0) is 9.47 Å². The molecule has 1 fully saturated rings. The van der Waals surface area contributed by atoms with Crippen LogP contribution in [0, 0.1) is 0 Å². The van der Waals surface area contributed by atoms with Gasteiger partial charge in [-0.15, -0.1) is 0 Å². The van der Waals surface area contributed by atoms with Crippen molar-refractivity contribution in [3.63, 3.8) is 0 Å². The van der Waals surface area contributed by atoms with Gasteiger partial charge in [0.15, 0.2) is 0 Å². The van der Waals surface area contributed by atoms with Crippen molar-refractivity contribution in [3.8, 4) is 0 Å². The third kappa shape index (κ3) is 1.93. The smallest absolute Gasteiger partial charge is 0.340 e. The van der Waals surface area contributed by atoms with E-state index in [9.17, 15) is 4.79 Å². The highest BCUT2D eigenvalue weighted by Gasteiger charge is 2.22. The highest BCUT2D eigenvalue weighted by atomic mass is 16.6. The zero-order valence-electron chi connectivity index (χ0n) is 9.81. The third-order valence-corrected chi connectivity index (χ3v) is 3.09. The van der Waals surface area contributed by atoms with E-state index >= 15 is 0 Å². The molecule has 0 aliphatic carbocycles. The molecule has 5 nitrogen and oxygen atoms in total. The first-order valence-electron chi connectivity index (χ1n) is 5.89. The van der Waals surface area contributed by atoms with E-state index in [4.69, 9.17) is 15.2 Å². The molecule has 94 valence electrons. The van der Waals surface area contributed by atoms with Crippen LogP contribution in [0.3, 0.4) is 0 Å². The fraction of sp³-hybridized carbons (Fsp3) is 0.308. The lowest BCUT2D eigenvalue weighted by atomic mass is 10.1. The summed E-state index contributed by atoms with van der Waals surface area (Å²) in [4.78, 5) is 15.1. The fourth-order valence-electron chi connectivity index (χ4n) is 2.13. The Bertz CT molecular complexity index is 585. The van der Waals surface area contributed by atoms with Gasteiger partial charge in [-0.05, 0) is 18.2 Å². The summed E-state index contributed by atoms with van der Waals surface area (Å²) in [6, 6.07) is 5.39. The van der Waals surface area contributed by atoms with Gasteiger partial charge in [0.1, 0.15) is 6.10 Å². The molecule has 1 aliphatic heterocycles. The predicted octanol–water partition coefficient (Wildman–Crippen LogP) is 1.70. The van der Waals surface area contributed by atoms with E-state index in [1.165, 1.54) is 0 Å². The van der Waals surface area contributed by atoms with Gasteiger partial charge < -0.3 is 20.2 Å². The summed E-state index contributed by atoms with van der Waals surface area (Å²) in [5.74, 6) is -0.318. The molecule has 5 heteroatoms.